The third-order valence-corrected chi connectivity index (χ3v) is 4.96. The van der Waals surface area contributed by atoms with Crippen molar-refractivity contribution in [2.45, 2.75) is 33.1 Å². The van der Waals surface area contributed by atoms with Crippen LogP contribution in [0.1, 0.15) is 30.9 Å². The van der Waals surface area contributed by atoms with E-state index in [0.29, 0.717) is 32.4 Å². The lowest BCUT2D eigenvalue weighted by Gasteiger charge is -2.20. The van der Waals surface area contributed by atoms with Gasteiger partial charge in [0.1, 0.15) is 0 Å². The lowest BCUT2D eigenvalue weighted by atomic mass is 9.90. The van der Waals surface area contributed by atoms with E-state index in [1.165, 1.54) is 5.56 Å². The van der Waals surface area contributed by atoms with Gasteiger partial charge in [0.2, 0.25) is 5.91 Å². The van der Waals surface area contributed by atoms with Gasteiger partial charge < -0.3 is 15.0 Å². The summed E-state index contributed by atoms with van der Waals surface area (Å²) >= 11 is 0. The maximum absolute atomic E-state index is 12.4. The summed E-state index contributed by atoms with van der Waals surface area (Å²) in [5.74, 6) is -0.781. The molecule has 0 aliphatic carbocycles. The molecule has 1 aliphatic rings. The number of aromatic nitrogens is 1. The van der Waals surface area contributed by atoms with Crippen molar-refractivity contribution < 1.29 is 14.7 Å². The summed E-state index contributed by atoms with van der Waals surface area (Å²) in [4.78, 5) is 28.6. The Morgan fingerprint density at radius 3 is 2.87 bits per heavy atom. The van der Waals surface area contributed by atoms with Crippen LogP contribution in [0.5, 0.6) is 0 Å². The number of para-hydroxylation sites is 1. The first-order valence-electron chi connectivity index (χ1n) is 7.97. The van der Waals surface area contributed by atoms with Crippen LogP contribution in [0.2, 0.25) is 0 Å². The summed E-state index contributed by atoms with van der Waals surface area (Å²) in [6, 6.07) is 6.15. The third kappa shape index (κ3) is 2.83. The van der Waals surface area contributed by atoms with Crippen LogP contribution in [0, 0.1) is 12.3 Å². The van der Waals surface area contributed by atoms with Gasteiger partial charge in [-0.1, -0.05) is 18.2 Å². The van der Waals surface area contributed by atoms with Gasteiger partial charge >= 0.3 is 5.97 Å². The van der Waals surface area contributed by atoms with Crippen LogP contribution in [0.15, 0.2) is 24.4 Å². The normalized spacial score (nSPS) is 21.0. The average Bonchev–Trinajstić information content (AvgIpc) is 3.11. The number of benzene rings is 1. The second kappa shape index (κ2) is 5.72. The molecular weight excluding hydrogens is 292 g/mol. The first-order chi connectivity index (χ1) is 10.9. The summed E-state index contributed by atoms with van der Waals surface area (Å²) in [6.45, 7) is 4.62. The number of H-pyrrole nitrogens is 1. The number of hydrogen-bond acceptors (Lipinski definition) is 2. The van der Waals surface area contributed by atoms with Gasteiger partial charge in [-0.25, -0.2) is 0 Å². The Kier molecular flexibility index (Phi) is 3.88. The molecule has 0 spiro atoms. The zero-order valence-corrected chi connectivity index (χ0v) is 13.6. The van der Waals surface area contributed by atoms with Crippen LogP contribution in [-0.2, 0) is 16.0 Å². The minimum absolute atomic E-state index is 0.0389. The molecule has 2 N–H and O–H groups in total. The van der Waals surface area contributed by atoms with Gasteiger partial charge in [-0.2, -0.15) is 0 Å². The Morgan fingerprint density at radius 1 is 1.39 bits per heavy atom. The number of rotatable bonds is 4. The molecule has 3 rings (SSSR count). The zero-order valence-electron chi connectivity index (χ0n) is 13.6. The lowest BCUT2D eigenvalue weighted by Crippen LogP contribution is -2.34. The van der Waals surface area contributed by atoms with Crippen molar-refractivity contribution >= 4 is 22.8 Å². The van der Waals surface area contributed by atoms with Gasteiger partial charge in [0.25, 0.3) is 0 Å². The van der Waals surface area contributed by atoms with E-state index in [1.54, 1.807) is 11.8 Å². The quantitative estimate of drug-likeness (QED) is 0.911. The molecule has 1 saturated heterocycles. The number of amides is 1. The number of nitrogens with zero attached hydrogens (tertiary/aromatic N) is 1. The number of likely N-dealkylation sites (tertiary alicyclic amines) is 1. The minimum atomic E-state index is -0.820. The molecule has 0 radical (unpaired) electrons. The number of nitrogens with one attached hydrogen (secondary N) is 1. The molecule has 1 fully saturated rings. The molecule has 2 heterocycles. The fourth-order valence-corrected chi connectivity index (χ4v) is 3.32. The van der Waals surface area contributed by atoms with E-state index >= 15 is 0 Å². The summed E-state index contributed by atoms with van der Waals surface area (Å²) in [5, 5.41) is 10.4. The van der Waals surface area contributed by atoms with Crippen LogP contribution in [0.3, 0.4) is 0 Å². The molecule has 1 aromatic heterocycles. The van der Waals surface area contributed by atoms with Gasteiger partial charge in [-0.3, -0.25) is 9.59 Å². The van der Waals surface area contributed by atoms with Gasteiger partial charge in [0, 0.05) is 36.6 Å². The van der Waals surface area contributed by atoms with Gasteiger partial charge in [-0.05, 0) is 37.8 Å². The lowest BCUT2D eigenvalue weighted by molar-refractivity contribution is -0.147. The molecule has 1 atom stereocenters. The Balaban J connectivity index is 1.65. The number of carboxylic acids is 1. The fourth-order valence-electron chi connectivity index (χ4n) is 3.32. The molecule has 2 aromatic rings. The number of carbonyl (C=O) groups excluding carboxylic acids is 1. The van der Waals surface area contributed by atoms with E-state index in [1.807, 2.05) is 12.3 Å². The Hall–Kier alpha value is -2.30. The van der Waals surface area contributed by atoms with Gasteiger partial charge in [-0.15, -0.1) is 0 Å². The molecule has 122 valence electrons. The van der Waals surface area contributed by atoms with Crippen molar-refractivity contribution in [1.29, 1.82) is 0 Å². The van der Waals surface area contributed by atoms with E-state index in [9.17, 15) is 14.7 Å². The van der Waals surface area contributed by atoms with Crippen LogP contribution >= 0.6 is 0 Å². The summed E-state index contributed by atoms with van der Waals surface area (Å²) in [5.41, 5.74) is 2.65. The molecule has 5 nitrogen and oxygen atoms in total. The van der Waals surface area contributed by atoms with Crippen LogP contribution in [0.25, 0.3) is 10.9 Å². The predicted octanol–water partition coefficient (Wildman–Crippen LogP) is 2.73. The first-order valence-corrected chi connectivity index (χ1v) is 7.97. The van der Waals surface area contributed by atoms with Crippen molar-refractivity contribution in [3.63, 3.8) is 0 Å². The Labute approximate surface area is 135 Å². The van der Waals surface area contributed by atoms with Crippen molar-refractivity contribution in [1.82, 2.24) is 9.88 Å². The SMILES string of the molecule is Cc1cccc2c(CCC(=O)N3CC[C@](C)(C(=O)O)C3)c[nH]c12. The van der Waals surface area contributed by atoms with Crippen molar-refractivity contribution in [2.24, 2.45) is 5.41 Å². The number of aliphatic carboxylic acids is 1. The molecular formula is C18H22N2O3. The first kappa shape index (κ1) is 15.6. The Bertz CT molecular complexity index is 765. The average molecular weight is 314 g/mol. The monoisotopic (exact) mass is 314 g/mol. The van der Waals surface area contributed by atoms with E-state index in [2.05, 4.69) is 24.0 Å². The zero-order chi connectivity index (χ0) is 16.6. The molecule has 1 amide bonds. The fraction of sp³-hybridized carbons (Fsp3) is 0.444. The number of hydrogen-bond donors (Lipinski definition) is 2. The molecule has 0 unspecified atom stereocenters. The maximum Gasteiger partial charge on any atom is 0.311 e. The van der Waals surface area contributed by atoms with E-state index < -0.39 is 11.4 Å². The highest BCUT2D eigenvalue weighted by Crippen LogP contribution is 2.30. The van der Waals surface area contributed by atoms with Crippen molar-refractivity contribution in [2.75, 3.05) is 13.1 Å². The minimum Gasteiger partial charge on any atom is -0.481 e. The molecule has 0 bridgehead atoms. The number of aryl methyl sites for hydroxylation is 2. The predicted molar refractivity (Wildman–Crippen MR) is 88.3 cm³/mol. The van der Waals surface area contributed by atoms with Crippen LogP contribution in [-0.4, -0.2) is 40.0 Å². The molecule has 0 saturated carbocycles. The maximum atomic E-state index is 12.4. The summed E-state index contributed by atoms with van der Waals surface area (Å²) in [6.07, 6.45) is 3.58. The van der Waals surface area contributed by atoms with Crippen molar-refractivity contribution in [3.8, 4) is 0 Å². The Morgan fingerprint density at radius 2 is 2.17 bits per heavy atom. The topological polar surface area (TPSA) is 73.4 Å². The standard InChI is InChI=1S/C18H22N2O3/c1-12-4-3-5-14-13(10-19-16(12)14)6-7-15(21)20-9-8-18(2,11-20)17(22)23/h3-5,10,19H,6-9,11H2,1-2H3,(H,22,23)/t18-/m0/s1. The highest BCUT2D eigenvalue weighted by Gasteiger charge is 2.41. The number of fused-ring (bicyclic) bond motifs is 1. The van der Waals surface area contributed by atoms with E-state index in [0.717, 1.165) is 16.5 Å². The molecule has 1 aromatic carbocycles. The summed E-state index contributed by atoms with van der Waals surface area (Å²) in [7, 11) is 0. The van der Waals surface area contributed by atoms with Crippen LogP contribution < -0.4 is 0 Å². The van der Waals surface area contributed by atoms with Gasteiger partial charge in [0.05, 0.1) is 5.41 Å². The van der Waals surface area contributed by atoms with E-state index in [4.69, 9.17) is 0 Å². The van der Waals surface area contributed by atoms with Gasteiger partial charge in [0.15, 0.2) is 0 Å². The second-order valence-electron chi connectivity index (χ2n) is 6.74. The second-order valence-corrected chi connectivity index (χ2v) is 6.74. The number of carboxylic acid groups (broad SMARTS) is 1. The number of carbonyl (C=O) groups is 2. The number of aromatic amines is 1. The molecule has 1 aliphatic heterocycles. The summed E-state index contributed by atoms with van der Waals surface area (Å²) < 4.78 is 0. The third-order valence-electron chi connectivity index (χ3n) is 4.96. The van der Waals surface area contributed by atoms with E-state index in [-0.39, 0.29) is 5.91 Å². The largest absolute Gasteiger partial charge is 0.481 e. The smallest absolute Gasteiger partial charge is 0.311 e. The highest BCUT2D eigenvalue weighted by molar-refractivity contribution is 5.87. The van der Waals surface area contributed by atoms with Crippen LogP contribution in [0.4, 0.5) is 0 Å². The van der Waals surface area contributed by atoms with Crippen molar-refractivity contribution in [3.05, 3.63) is 35.5 Å². The molecule has 5 heteroatoms. The highest BCUT2D eigenvalue weighted by atomic mass is 16.4. The molecule has 23 heavy (non-hydrogen) atoms.